The first-order chi connectivity index (χ1) is 13.5. The number of ether oxygens (including phenoxy) is 1. The van der Waals surface area contributed by atoms with Crippen LogP contribution in [0.5, 0.6) is 0 Å². The fraction of sp³-hybridized carbons (Fsp3) is 0.524. The zero-order valence-electron chi connectivity index (χ0n) is 15.9. The maximum atomic E-state index is 12.3. The van der Waals surface area contributed by atoms with Gasteiger partial charge in [-0.15, -0.1) is 0 Å². The van der Waals surface area contributed by atoms with Gasteiger partial charge in [0, 0.05) is 18.0 Å². The Labute approximate surface area is 164 Å². The van der Waals surface area contributed by atoms with Gasteiger partial charge in [-0.25, -0.2) is 4.79 Å². The van der Waals surface area contributed by atoms with Crippen molar-refractivity contribution in [3.8, 4) is 0 Å². The van der Waals surface area contributed by atoms with E-state index in [0.29, 0.717) is 5.56 Å². The molecule has 3 rings (SSSR count). The lowest BCUT2D eigenvalue weighted by Crippen LogP contribution is -2.45. The zero-order valence-corrected chi connectivity index (χ0v) is 15.9. The molecule has 7 heteroatoms. The number of urea groups is 1. The summed E-state index contributed by atoms with van der Waals surface area (Å²) >= 11 is 0. The predicted octanol–water partition coefficient (Wildman–Crippen LogP) is 2.45. The highest BCUT2D eigenvalue weighted by molar-refractivity contribution is 5.98. The Morgan fingerprint density at radius 3 is 2.50 bits per heavy atom. The number of carbonyl (C=O) groups is 4. The number of fused-ring (bicyclic) bond motifs is 1. The van der Waals surface area contributed by atoms with Crippen LogP contribution in [0.1, 0.15) is 66.4 Å². The first kappa shape index (κ1) is 20.0. The van der Waals surface area contributed by atoms with E-state index in [1.54, 1.807) is 6.07 Å². The van der Waals surface area contributed by atoms with E-state index in [2.05, 4.69) is 10.6 Å². The van der Waals surface area contributed by atoms with E-state index >= 15 is 0 Å². The second-order valence-electron chi connectivity index (χ2n) is 7.42. The number of carbonyl (C=O) groups excluding carboxylic acids is 4. The molecule has 1 aromatic carbocycles. The van der Waals surface area contributed by atoms with Gasteiger partial charge in [-0.1, -0.05) is 25.0 Å². The van der Waals surface area contributed by atoms with Crippen molar-refractivity contribution in [3.05, 3.63) is 34.9 Å². The fourth-order valence-electron chi connectivity index (χ4n) is 3.78. The molecule has 0 aromatic heterocycles. The van der Waals surface area contributed by atoms with Crippen LogP contribution in [0.3, 0.4) is 0 Å². The number of nitrogens with one attached hydrogen (secondary N) is 2. The molecule has 0 aliphatic heterocycles. The molecule has 28 heavy (non-hydrogen) atoms. The fourth-order valence-corrected chi connectivity index (χ4v) is 3.78. The Hall–Kier alpha value is -2.70. The van der Waals surface area contributed by atoms with Gasteiger partial charge in [0.2, 0.25) is 0 Å². The second kappa shape index (κ2) is 9.48. The van der Waals surface area contributed by atoms with Gasteiger partial charge in [0.05, 0.1) is 6.42 Å². The van der Waals surface area contributed by atoms with Gasteiger partial charge in [0.1, 0.15) is 0 Å². The largest absolute Gasteiger partial charge is 0.456 e. The number of benzene rings is 1. The topological polar surface area (TPSA) is 102 Å². The van der Waals surface area contributed by atoms with Crippen molar-refractivity contribution < 1.29 is 23.9 Å². The predicted molar refractivity (Wildman–Crippen MR) is 102 cm³/mol. The molecule has 2 aliphatic rings. The minimum atomic E-state index is -0.686. The molecule has 2 N–H and O–H groups in total. The van der Waals surface area contributed by atoms with Crippen molar-refractivity contribution in [2.75, 3.05) is 6.61 Å². The van der Waals surface area contributed by atoms with Crippen molar-refractivity contribution in [1.82, 2.24) is 10.6 Å². The highest BCUT2D eigenvalue weighted by atomic mass is 16.5. The van der Waals surface area contributed by atoms with Crippen LogP contribution in [0.15, 0.2) is 18.2 Å². The van der Waals surface area contributed by atoms with Crippen LogP contribution in [-0.4, -0.2) is 36.3 Å². The van der Waals surface area contributed by atoms with E-state index in [0.717, 1.165) is 44.9 Å². The SMILES string of the molecule is O=C(COC(=O)CCC(=O)c1ccc2c(c1)CCC2)NC(=O)NC1CCCC1. The third kappa shape index (κ3) is 5.65. The molecule has 0 spiro atoms. The smallest absolute Gasteiger partial charge is 0.321 e. The van der Waals surface area contributed by atoms with Crippen LogP contribution in [0.2, 0.25) is 0 Å². The van der Waals surface area contributed by atoms with Gasteiger partial charge >= 0.3 is 12.0 Å². The number of hydrogen-bond donors (Lipinski definition) is 2. The molecule has 1 fully saturated rings. The standard InChI is InChI=1S/C21H26N2O5/c24-18(16-9-8-14-4-3-5-15(14)12-16)10-11-20(26)28-13-19(25)23-21(27)22-17-6-1-2-7-17/h8-9,12,17H,1-7,10-11,13H2,(H2,22,23,25,27). The van der Waals surface area contributed by atoms with Crippen LogP contribution in [0.25, 0.3) is 0 Å². The molecule has 0 heterocycles. The van der Waals surface area contributed by atoms with E-state index < -0.39 is 24.5 Å². The molecular formula is C21H26N2O5. The van der Waals surface area contributed by atoms with Crippen molar-refractivity contribution in [2.24, 2.45) is 0 Å². The Morgan fingerprint density at radius 2 is 1.71 bits per heavy atom. The van der Waals surface area contributed by atoms with Crippen molar-refractivity contribution in [1.29, 1.82) is 0 Å². The summed E-state index contributed by atoms with van der Waals surface area (Å²) in [5, 5.41) is 4.86. The maximum Gasteiger partial charge on any atom is 0.321 e. The monoisotopic (exact) mass is 386 g/mol. The molecule has 0 radical (unpaired) electrons. The highest BCUT2D eigenvalue weighted by Gasteiger charge is 2.19. The van der Waals surface area contributed by atoms with Gasteiger partial charge in [0.15, 0.2) is 12.4 Å². The average molecular weight is 386 g/mol. The summed E-state index contributed by atoms with van der Waals surface area (Å²) in [6.07, 6.45) is 7.04. The minimum absolute atomic E-state index is 0.0292. The molecule has 0 saturated heterocycles. The van der Waals surface area contributed by atoms with E-state index in [9.17, 15) is 19.2 Å². The number of aryl methyl sites for hydroxylation is 2. The number of amides is 3. The number of Topliss-reactive ketones (excluding diaryl/α,β-unsaturated/α-hetero) is 1. The molecule has 0 atom stereocenters. The summed E-state index contributed by atoms with van der Waals surface area (Å²) in [6.45, 7) is -0.538. The van der Waals surface area contributed by atoms with Gasteiger partial charge in [-0.2, -0.15) is 0 Å². The van der Waals surface area contributed by atoms with E-state index in [-0.39, 0.29) is 24.7 Å². The van der Waals surface area contributed by atoms with Gasteiger partial charge in [-0.05, 0) is 49.3 Å². The molecule has 150 valence electrons. The van der Waals surface area contributed by atoms with Crippen molar-refractivity contribution in [3.63, 3.8) is 0 Å². The Balaban J connectivity index is 1.34. The summed E-state index contributed by atoms with van der Waals surface area (Å²) < 4.78 is 4.85. The summed E-state index contributed by atoms with van der Waals surface area (Å²) in [5.74, 6) is -1.44. The molecular weight excluding hydrogens is 360 g/mol. The molecule has 7 nitrogen and oxygen atoms in total. The molecule has 1 saturated carbocycles. The van der Waals surface area contributed by atoms with Gasteiger partial charge in [-0.3, -0.25) is 19.7 Å². The maximum absolute atomic E-state index is 12.3. The average Bonchev–Trinajstić information content (AvgIpc) is 3.35. The van der Waals surface area contributed by atoms with Crippen molar-refractivity contribution in [2.45, 2.75) is 63.8 Å². The zero-order chi connectivity index (χ0) is 19.9. The summed E-state index contributed by atoms with van der Waals surface area (Å²) in [4.78, 5) is 47.4. The van der Waals surface area contributed by atoms with Gasteiger partial charge < -0.3 is 10.1 Å². The third-order valence-electron chi connectivity index (χ3n) is 5.28. The second-order valence-corrected chi connectivity index (χ2v) is 7.42. The molecule has 1 aromatic rings. The van der Waals surface area contributed by atoms with Crippen LogP contribution < -0.4 is 10.6 Å². The van der Waals surface area contributed by atoms with E-state index in [4.69, 9.17) is 4.74 Å². The summed E-state index contributed by atoms with van der Waals surface area (Å²) in [5.41, 5.74) is 3.11. The number of rotatable bonds is 7. The normalized spacial score (nSPS) is 15.7. The van der Waals surface area contributed by atoms with Crippen LogP contribution in [0, 0.1) is 0 Å². The van der Waals surface area contributed by atoms with Crippen LogP contribution in [0.4, 0.5) is 4.79 Å². The Bertz CT molecular complexity index is 768. The summed E-state index contributed by atoms with van der Waals surface area (Å²) in [7, 11) is 0. The Morgan fingerprint density at radius 1 is 0.964 bits per heavy atom. The minimum Gasteiger partial charge on any atom is -0.456 e. The molecule has 3 amide bonds. The first-order valence-corrected chi connectivity index (χ1v) is 9.92. The summed E-state index contributed by atoms with van der Waals surface area (Å²) in [6, 6.07) is 5.22. The van der Waals surface area contributed by atoms with Crippen LogP contribution in [-0.2, 0) is 27.2 Å². The lowest BCUT2D eigenvalue weighted by atomic mass is 10.0. The lowest BCUT2D eigenvalue weighted by Gasteiger charge is -2.12. The molecule has 2 aliphatic carbocycles. The lowest BCUT2D eigenvalue weighted by molar-refractivity contribution is -0.148. The van der Waals surface area contributed by atoms with Crippen LogP contribution >= 0.6 is 0 Å². The number of esters is 1. The molecule has 0 bridgehead atoms. The quantitative estimate of drug-likeness (QED) is 0.554. The first-order valence-electron chi connectivity index (χ1n) is 9.92. The van der Waals surface area contributed by atoms with Crippen molar-refractivity contribution >= 4 is 23.7 Å². The van der Waals surface area contributed by atoms with E-state index in [1.807, 2.05) is 12.1 Å². The third-order valence-corrected chi connectivity index (χ3v) is 5.28. The number of ketones is 1. The number of hydrogen-bond acceptors (Lipinski definition) is 5. The van der Waals surface area contributed by atoms with Gasteiger partial charge in [0.25, 0.3) is 5.91 Å². The number of imide groups is 1. The highest BCUT2D eigenvalue weighted by Crippen LogP contribution is 2.23. The molecule has 0 unspecified atom stereocenters. The Kier molecular flexibility index (Phi) is 6.79. The van der Waals surface area contributed by atoms with E-state index in [1.165, 1.54) is 11.1 Å².